The minimum absolute atomic E-state index is 0.0235. The second-order valence-electron chi connectivity index (χ2n) is 7.50. The van der Waals surface area contributed by atoms with Crippen LogP contribution in [-0.4, -0.2) is 33.9 Å². The summed E-state index contributed by atoms with van der Waals surface area (Å²) in [5.74, 6) is -0.118. The summed E-state index contributed by atoms with van der Waals surface area (Å²) in [5.41, 5.74) is 7.36. The molecule has 0 aliphatic heterocycles. The molecule has 2 atom stereocenters. The molecular weight excluding hydrogens is 328 g/mol. The summed E-state index contributed by atoms with van der Waals surface area (Å²) < 4.78 is 7.58. The van der Waals surface area contributed by atoms with E-state index in [0.717, 1.165) is 11.1 Å². The molecular formula is C20H28N4O2. The number of hydrogen-bond acceptors (Lipinski definition) is 4. The van der Waals surface area contributed by atoms with Crippen molar-refractivity contribution in [3.63, 3.8) is 0 Å². The molecule has 2 aromatic rings. The van der Waals surface area contributed by atoms with Crippen molar-refractivity contribution in [1.29, 1.82) is 0 Å². The second-order valence-corrected chi connectivity index (χ2v) is 7.50. The van der Waals surface area contributed by atoms with Crippen molar-refractivity contribution in [2.24, 2.45) is 11.1 Å². The molecule has 1 fully saturated rings. The maximum absolute atomic E-state index is 12.8. The third kappa shape index (κ3) is 3.27. The Balaban J connectivity index is 1.65. The molecule has 0 spiro atoms. The van der Waals surface area contributed by atoms with Gasteiger partial charge in [-0.2, -0.15) is 5.10 Å². The number of carbonyl (C=O) groups excluding carboxylic acids is 1. The number of aromatic nitrogens is 2. The topological polar surface area (TPSA) is 82.2 Å². The highest BCUT2D eigenvalue weighted by molar-refractivity contribution is 5.88. The summed E-state index contributed by atoms with van der Waals surface area (Å²) >= 11 is 0. The largest absolute Gasteiger partial charge is 0.378 e. The van der Waals surface area contributed by atoms with E-state index < -0.39 is 5.54 Å². The molecule has 26 heavy (non-hydrogen) atoms. The second kappa shape index (κ2) is 7.21. The highest BCUT2D eigenvalue weighted by Crippen LogP contribution is 2.49. The van der Waals surface area contributed by atoms with Crippen LogP contribution in [0.4, 0.5) is 0 Å². The molecule has 1 aliphatic carbocycles. The van der Waals surface area contributed by atoms with Crippen LogP contribution in [0.25, 0.3) is 0 Å². The fourth-order valence-electron chi connectivity index (χ4n) is 3.61. The molecule has 0 bridgehead atoms. The van der Waals surface area contributed by atoms with E-state index in [2.05, 4.69) is 16.5 Å². The molecule has 1 amide bonds. The Kier molecular flexibility index (Phi) is 5.16. The van der Waals surface area contributed by atoms with E-state index in [0.29, 0.717) is 26.1 Å². The van der Waals surface area contributed by atoms with Crippen LogP contribution < -0.4 is 11.1 Å². The maximum Gasteiger partial charge on any atom is 0.241 e. The molecule has 0 radical (unpaired) electrons. The van der Waals surface area contributed by atoms with Gasteiger partial charge in [0.25, 0.3) is 0 Å². The Morgan fingerprint density at radius 2 is 2.08 bits per heavy atom. The van der Waals surface area contributed by atoms with Gasteiger partial charge in [0.2, 0.25) is 5.91 Å². The lowest BCUT2D eigenvalue weighted by molar-refractivity contribution is -0.170. The first-order valence-corrected chi connectivity index (χ1v) is 9.11. The van der Waals surface area contributed by atoms with E-state index in [1.807, 2.05) is 55.9 Å². The third-order valence-corrected chi connectivity index (χ3v) is 5.68. The molecule has 6 heteroatoms. The summed E-state index contributed by atoms with van der Waals surface area (Å²) in [4.78, 5) is 12.8. The number of rotatable bonds is 7. The Bertz CT molecular complexity index is 757. The zero-order valence-corrected chi connectivity index (χ0v) is 15.7. The van der Waals surface area contributed by atoms with Crippen LogP contribution >= 0.6 is 0 Å². The monoisotopic (exact) mass is 356 g/mol. The van der Waals surface area contributed by atoms with Crippen LogP contribution in [0, 0.1) is 5.41 Å². The van der Waals surface area contributed by atoms with Gasteiger partial charge in [-0.25, -0.2) is 0 Å². The number of amides is 1. The fourth-order valence-corrected chi connectivity index (χ4v) is 3.61. The number of ether oxygens (including phenoxy) is 1. The Morgan fingerprint density at radius 1 is 1.35 bits per heavy atom. The first-order valence-electron chi connectivity index (χ1n) is 9.11. The van der Waals surface area contributed by atoms with E-state index in [9.17, 15) is 4.79 Å². The summed E-state index contributed by atoms with van der Waals surface area (Å²) in [6, 6.07) is 9.95. The van der Waals surface area contributed by atoms with Gasteiger partial charge in [-0.1, -0.05) is 38.1 Å². The Labute approximate surface area is 154 Å². The zero-order chi connectivity index (χ0) is 18.8. The van der Waals surface area contributed by atoms with E-state index in [4.69, 9.17) is 10.5 Å². The van der Waals surface area contributed by atoms with Crippen molar-refractivity contribution >= 4 is 5.91 Å². The van der Waals surface area contributed by atoms with Crippen molar-refractivity contribution in [3.8, 4) is 0 Å². The average molecular weight is 356 g/mol. The molecule has 1 aliphatic rings. The van der Waals surface area contributed by atoms with E-state index >= 15 is 0 Å². The molecule has 140 valence electrons. The van der Waals surface area contributed by atoms with Crippen LogP contribution in [0.2, 0.25) is 0 Å². The van der Waals surface area contributed by atoms with Gasteiger partial charge in [-0.3, -0.25) is 9.48 Å². The van der Waals surface area contributed by atoms with Gasteiger partial charge >= 0.3 is 0 Å². The predicted octanol–water partition coefficient (Wildman–Crippen LogP) is 2.08. The van der Waals surface area contributed by atoms with Gasteiger partial charge in [0.05, 0.1) is 12.6 Å². The predicted molar refractivity (Wildman–Crippen MR) is 100 cm³/mol. The Morgan fingerprint density at radius 3 is 2.69 bits per heavy atom. The number of nitrogens with zero attached hydrogens (tertiary/aromatic N) is 2. The molecule has 3 rings (SSSR count). The minimum atomic E-state index is -0.899. The molecule has 1 aromatic heterocycles. The lowest BCUT2D eigenvalue weighted by Gasteiger charge is -2.57. The smallest absolute Gasteiger partial charge is 0.241 e. The standard InChI is InChI=1S/C20H28N4O2/c1-4-26-17-12-20(21,19(17,2)3)18(25)22-13-15-8-5-6-9-16(15)14-24-11-7-10-23-24/h5-11,17H,4,12-14,21H2,1-3H3,(H,22,25). The number of nitrogens with two attached hydrogens (primary N) is 1. The quantitative estimate of drug-likeness (QED) is 0.796. The average Bonchev–Trinajstić information content (AvgIpc) is 3.13. The molecule has 0 saturated heterocycles. The lowest BCUT2D eigenvalue weighted by atomic mass is 9.54. The highest BCUT2D eigenvalue weighted by Gasteiger charge is 2.62. The summed E-state index contributed by atoms with van der Waals surface area (Å²) in [5, 5.41) is 7.28. The van der Waals surface area contributed by atoms with Gasteiger partial charge in [0.1, 0.15) is 5.54 Å². The number of carbonyl (C=O) groups is 1. The van der Waals surface area contributed by atoms with Crippen molar-refractivity contribution in [2.75, 3.05) is 6.61 Å². The van der Waals surface area contributed by atoms with Crippen molar-refractivity contribution < 1.29 is 9.53 Å². The zero-order valence-electron chi connectivity index (χ0n) is 15.7. The van der Waals surface area contributed by atoms with Crippen molar-refractivity contribution in [2.45, 2.75) is 51.9 Å². The molecule has 3 N–H and O–H groups in total. The summed E-state index contributed by atoms with van der Waals surface area (Å²) in [6.07, 6.45) is 4.26. The minimum Gasteiger partial charge on any atom is -0.378 e. The van der Waals surface area contributed by atoms with Gasteiger partial charge in [-0.15, -0.1) is 0 Å². The summed E-state index contributed by atoms with van der Waals surface area (Å²) in [7, 11) is 0. The molecule has 1 aromatic carbocycles. The van der Waals surface area contributed by atoms with Gasteiger partial charge in [-0.05, 0) is 24.1 Å². The first-order chi connectivity index (χ1) is 12.4. The van der Waals surface area contributed by atoms with Crippen LogP contribution in [0.3, 0.4) is 0 Å². The van der Waals surface area contributed by atoms with Gasteiger partial charge in [0, 0.05) is 37.4 Å². The fraction of sp³-hybridized carbons (Fsp3) is 0.500. The normalized spacial score (nSPS) is 24.1. The van der Waals surface area contributed by atoms with Gasteiger partial charge < -0.3 is 15.8 Å². The SMILES string of the molecule is CCOC1CC(N)(C(=O)NCc2ccccc2Cn2cccn2)C1(C)C. The Hall–Kier alpha value is -2.18. The first kappa shape index (κ1) is 18.6. The third-order valence-electron chi connectivity index (χ3n) is 5.68. The van der Waals surface area contributed by atoms with E-state index in [-0.39, 0.29) is 17.4 Å². The lowest BCUT2D eigenvalue weighted by Crippen LogP contribution is -2.75. The van der Waals surface area contributed by atoms with E-state index in [1.54, 1.807) is 6.20 Å². The van der Waals surface area contributed by atoms with Gasteiger partial charge in [0.15, 0.2) is 0 Å². The van der Waals surface area contributed by atoms with Crippen molar-refractivity contribution in [1.82, 2.24) is 15.1 Å². The van der Waals surface area contributed by atoms with Crippen LogP contribution in [0.1, 0.15) is 38.3 Å². The number of benzene rings is 1. The molecule has 1 saturated carbocycles. The van der Waals surface area contributed by atoms with E-state index in [1.165, 1.54) is 0 Å². The van der Waals surface area contributed by atoms with Crippen LogP contribution in [0.15, 0.2) is 42.7 Å². The highest BCUT2D eigenvalue weighted by atomic mass is 16.5. The van der Waals surface area contributed by atoms with Crippen LogP contribution in [-0.2, 0) is 22.6 Å². The summed E-state index contributed by atoms with van der Waals surface area (Å²) in [6.45, 7) is 7.72. The van der Waals surface area contributed by atoms with Crippen LogP contribution in [0.5, 0.6) is 0 Å². The van der Waals surface area contributed by atoms with Crippen molar-refractivity contribution in [3.05, 3.63) is 53.9 Å². The molecule has 1 heterocycles. The number of nitrogens with one attached hydrogen (secondary N) is 1. The number of hydrogen-bond donors (Lipinski definition) is 2. The maximum atomic E-state index is 12.8. The molecule has 6 nitrogen and oxygen atoms in total. The molecule has 2 unspecified atom stereocenters.